The number of hydrogen-bond donors (Lipinski definition) is 1. The molecule has 0 aliphatic carbocycles. The van der Waals surface area contributed by atoms with Gasteiger partial charge in [-0.1, -0.05) is 0 Å². The van der Waals surface area contributed by atoms with Crippen LogP contribution in [-0.4, -0.2) is 21.4 Å². The van der Waals surface area contributed by atoms with E-state index in [0.29, 0.717) is 11.1 Å². The minimum Gasteiger partial charge on any atom is -0.319 e. The fraction of sp³-hybridized carbons (Fsp3) is 0.200. The Morgan fingerprint density at radius 2 is 1.52 bits per heavy atom. The van der Waals surface area contributed by atoms with Crippen LogP contribution >= 0.6 is 0 Å². The summed E-state index contributed by atoms with van der Waals surface area (Å²) in [5.74, 6) is -0.216. The zero-order valence-corrected chi connectivity index (χ0v) is 14.8. The summed E-state index contributed by atoms with van der Waals surface area (Å²) >= 11 is 0. The number of rotatable bonds is 4. The van der Waals surface area contributed by atoms with Gasteiger partial charge < -0.3 is 4.57 Å². The third-order valence-corrected chi connectivity index (χ3v) is 4.47. The van der Waals surface area contributed by atoms with Gasteiger partial charge in [-0.3, -0.25) is 19.7 Å². The molecule has 0 atom stereocenters. The van der Waals surface area contributed by atoms with Crippen LogP contribution < -0.4 is 5.43 Å². The van der Waals surface area contributed by atoms with Gasteiger partial charge >= 0.3 is 0 Å². The fourth-order valence-electron chi connectivity index (χ4n) is 3.08. The first-order valence-corrected chi connectivity index (χ1v) is 8.13. The average molecular weight is 335 g/mol. The van der Waals surface area contributed by atoms with Crippen LogP contribution in [-0.2, 0) is 0 Å². The Balaban J connectivity index is 1.84. The van der Waals surface area contributed by atoms with Crippen molar-refractivity contribution < 1.29 is 9.59 Å². The van der Waals surface area contributed by atoms with E-state index in [1.54, 1.807) is 29.8 Å². The molecule has 0 saturated carbocycles. The van der Waals surface area contributed by atoms with Crippen molar-refractivity contribution in [2.24, 2.45) is 0 Å². The Morgan fingerprint density at radius 3 is 2.04 bits per heavy atom. The fourth-order valence-corrected chi connectivity index (χ4v) is 3.08. The highest BCUT2D eigenvalue weighted by atomic mass is 16.2. The number of aryl methyl sites for hydroxylation is 3. The number of aromatic nitrogens is 2. The Morgan fingerprint density at radius 1 is 0.920 bits per heavy atom. The molecule has 1 N–H and O–H groups in total. The van der Waals surface area contributed by atoms with Crippen LogP contribution in [0.25, 0.3) is 5.69 Å². The smallest absolute Gasteiger partial charge is 0.270 e. The molecule has 5 nitrogen and oxygen atoms in total. The Bertz CT molecular complexity index is 927. The maximum atomic E-state index is 12.5. The van der Waals surface area contributed by atoms with E-state index in [0.717, 1.165) is 34.7 Å². The molecule has 0 saturated heterocycles. The molecule has 0 spiro atoms. The number of nitrogens with one attached hydrogen (secondary N) is 1. The maximum absolute atomic E-state index is 12.5. The molecule has 0 radical (unpaired) electrons. The zero-order chi connectivity index (χ0) is 18.1. The van der Waals surface area contributed by atoms with Crippen molar-refractivity contribution in [2.75, 3.05) is 5.43 Å². The second-order valence-electron chi connectivity index (χ2n) is 6.22. The molecule has 128 valence electrons. The van der Waals surface area contributed by atoms with E-state index in [1.165, 1.54) is 0 Å². The summed E-state index contributed by atoms with van der Waals surface area (Å²) < 4.78 is 3.78. The highest BCUT2D eigenvalue weighted by Crippen LogP contribution is 2.17. The average Bonchev–Trinajstić information content (AvgIpc) is 3.08. The molecule has 1 amide bonds. The lowest BCUT2D eigenvalue weighted by Gasteiger charge is -2.13. The Hall–Kier alpha value is -3.08. The molecular weight excluding hydrogens is 314 g/mol. The van der Waals surface area contributed by atoms with Crippen LogP contribution in [0.3, 0.4) is 0 Å². The number of carbonyl (C=O) groups excluding carboxylic acids is 2. The number of benzene rings is 1. The first-order valence-electron chi connectivity index (χ1n) is 8.13. The molecule has 3 aromatic rings. The third-order valence-electron chi connectivity index (χ3n) is 4.47. The van der Waals surface area contributed by atoms with Gasteiger partial charge in [0.2, 0.25) is 0 Å². The van der Waals surface area contributed by atoms with Crippen molar-refractivity contribution in [3.05, 3.63) is 76.4 Å². The second kappa shape index (κ2) is 6.43. The molecule has 3 rings (SSSR count). The quantitative estimate of drug-likeness (QED) is 0.739. The summed E-state index contributed by atoms with van der Waals surface area (Å²) in [5, 5.41) is 0. The molecule has 2 aromatic heterocycles. The summed E-state index contributed by atoms with van der Waals surface area (Å²) in [4.78, 5) is 23.5. The van der Waals surface area contributed by atoms with E-state index in [1.807, 2.05) is 19.1 Å². The standard InChI is InChI=1S/C20H21N3O2/c1-13-5-6-14(2)22(13)19-9-7-17(8-10-19)20(25)21-23-15(3)11-18(12-24)16(23)4/h5-12H,1-4H3,(H,21,25). The summed E-state index contributed by atoms with van der Waals surface area (Å²) in [6.07, 6.45) is 0.793. The highest BCUT2D eigenvalue weighted by Gasteiger charge is 2.13. The van der Waals surface area contributed by atoms with Crippen LogP contribution in [0, 0.1) is 27.7 Å². The van der Waals surface area contributed by atoms with Gasteiger partial charge in [0.15, 0.2) is 6.29 Å². The van der Waals surface area contributed by atoms with Gasteiger partial charge in [0.1, 0.15) is 0 Å². The van der Waals surface area contributed by atoms with E-state index in [9.17, 15) is 9.59 Å². The third kappa shape index (κ3) is 3.01. The molecular formula is C20H21N3O2. The minimum atomic E-state index is -0.216. The van der Waals surface area contributed by atoms with E-state index in [4.69, 9.17) is 0 Å². The molecule has 2 heterocycles. The monoisotopic (exact) mass is 335 g/mol. The molecule has 5 heteroatoms. The van der Waals surface area contributed by atoms with Crippen LogP contribution in [0.4, 0.5) is 0 Å². The van der Waals surface area contributed by atoms with E-state index in [-0.39, 0.29) is 5.91 Å². The summed E-state index contributed by atoms with van der Waals surface area (Å²) in [6, 6.07) is 13.4. The van der Waals surface area contributed by atoms with Crippen LogP contribution in [0.1, 0.15) is 43.5 Å². The first-order chi connectivity index (χ1) is 11.9. The molecule has 0 fully saturated rings. The minimum absolute atomic E-state index is 0.216. The summed E-state index contributed by atoms with van der Waals surface area (Å²) in [6.45, 7) is 7.75. The number of carbonyl (C=O) groups is 2. The Kier molecular flexibility index (Phi) is 4.31. The van der Waals surface area contributed by atoms with Gasteiger partial charge in [-0.05, 0) is 70.2 Å². The van der Waals surface area contributed by atoms with Crippen molar-refractivity contribution in [3.63, 3.8) is 0 Å². The van der Waals surface area contributed by atoms with Crippen LogP contribution in [0.15, 0.2) is 42.5 Å². The van der Waals surface area contributed by atoms with Crippen LogP contribution in [0.5, 0.6) is 0 Å². The van der Waals surface area contributed by atoms with Crippen molar-refractivity contribution in [1.29, 1.82) is 0 Å². The number of amides is 1. The largest absolute Gasteiger partial charge is 0.319 e. The van der Waals surface area contributed by atoms with E-state index >= 15 is 0 Å². The number of aldehydes is 1. The van der Waals surface area contributed by atoms with Crippen molar-refractivity contribution >= 4 is 12.2 Å². The molecule has 25 heavy (non-hydrogen) atoms. The van der Waals surface area contributed by atoms with Crippen molar-refractivity contribution in [1.82, 2.24) is 9.24 Å². The summed E-state index contributed by atoms with van der Waals surface area (Å²) in [5.41, 5.74) is 8.82. The maximum Gasteiger partial charge on any atom is 0.270 e. The molecule has 0 aliphatic rings. The lowest BCUT2D eigenvalue weighted by Crippen LogP contribution is -2.24. The lowest BCUT2D eigenvalue weighted by molar-refractivity contribution is 0.101. The van der Waals surface area contributed by atoms with Gasteiger partial charge in [0.25, 0.3) is 5.91 Å². The van der Waals surface area contributed by atoms with Gasteiger partial charge in [-0.15, -0.1) is 0 Å². The second-order valence-corrected chi connectivity index (χ2v) is 6.22. The molecule has 0 bridgehead atoms. The SMILES string of the molecule is Cc1cc(C=O)c(C)n1NC(=O)c1ccc(-n2c(C)ccc2C)cc1. The van der Waals surface area contributed by atoms with E-state index in [2.05, 4.69) is 36.0 Å². The normalized spacial score (nSPS) is 10.7. The molecule has 0 unspecified atom stereocenters. The van der Waals surface area contributed by atoms with Crippen molar-refractivity contribution in [2.45, 2.75) is 27.7 Å². The Labute approximate surface area is 146 Å². The zero-order valence-electron chi connectivity index (χ0n) is 14.8. The van der Waals surface area contributed by atoms with Crippen molar-refractivity contribution in [3.8, 4) is 5.69 Å². The van der Waals surface area contributed by atoms with Gasteiger partial charge in [0, 0.05) is 39.6 Å². The topological polar surface area (TPSA) is 56.0 Å². The number of hydrogen-bond acceptors (Lipinski definition) is 2. The van der Waals surface area contributed by atoms with E-state index < -0.39 is 0 Å². The molecule has 1 aromatic carbocycles. The number of nitrogens with zero attached hydrogens (tertiary/aromatic N) is 2. The predicted molar refractivity (Wildman–Crippen MR) is 98.2 cm³/mol. The van der Waals surface area contributed by atoms with Gasteiger partial charge in [-0.2, -0.15) is 0 Å². The van der Waals surface area contributed by atoms with Crippen LogP contribution in [0.2, 0.25) is 0 Å². The molecule has 0 aliphatic heterocycles. The highest BCUT2D eigenvalue weighted by molar-refractivity contribution is 6.00. The first kappa shape index (κ1) is 16.8. The lowest BCUT2D eigenvalue weighted by atomic mass is 10.2. The summed E-state index contributed by atoms with van der Waals surface area (Å²) in [7, 11) is 0. The van der Waals surface area contributed by atoms with Gasteiger partial charge in [-0.25, -0.2) is 0 Å². The van der Waals surface area contributed by atoms with Gasteiger partial charge in [0.05, 0.1) is 0 Å². The predicted octanol–water partition coefficient (Wildman–Crippen LogP) is 3.71.